The largest absolute Gasteiger partial charge is 0.337 e. The first-order valence-electron chi connectivity index (χ1n) is 7.80. The predicted octanol–water partition coefficient (Wildman–Crippen LogP) is 3.35. The number of hydrogen-bond donors (Lipinski definition) is 0. The molecule has 4 aliphatic carbocycles. The van der Waals surface area contributed by atoms with Crippen molar-refractivity contribution in [3.8, 4) is 0 Å². The Balaban J connectivity index is 1.58. The average molecular weight is 290 g/mol. The van der Waals surface area contributed by atoms with Gasteiger partial charge in [0.05, 0.1) is 11.2 Å². The number of amides is 1. The highest BCUT2D eigenvalue weighted by atomic mass is 32.1. The van der Waals surface area contributed by atoms with E-state index in [4.69, 9.17) is 0 Å². The molecule has 4 aliphatic rings. The summed E-state index contributed by atoms with van der Waals surface area (Å²) in [4.78, 5) is 19.9. The molecule has 0 radical (unpaired) electrons. The van der Waals surface area contributed by atoms with Crippen LogP contribution < -0.4 is 0 Å². The fourth-order valence-corrected chi connectivity index (χ4v) is 6.12. The Bertz CT molecular complexity index is 510. The van der Waals surface area contributed by atoms with E-state index in [9.17, 15) is 4.79 Å². The highest BCUT2D eigenvalue weighted by molar-refractivity contribution is 7.11. The summed E-state index contributed by atoms with van der Waals surface area (Å²) in [6, 6.07) is 0.483. The van der Waals surface area contributed by atoms with Gasteiger partial charge in [-0.15, -0.1) is 11.3 Å². The van der Waals surface area contributed by atoms with Gasteiger partial charge in [-0.3, -0.25) is 4.79 Å². The second kappa shape index (κ2) is 4.55. The second-order valence-corrected chi connectivity index (χ2v) is 7.96. The molecule has 5 rings (SSSR count). The van der Waals surface area contributed by atoms with E-state index in [1.54, 1.807) is 5.51 Å². The molecular weight excluding hydrogens is 268 g/mol. The van der Waals surface area contributed by atoms with E-state index in [1.807, 2.05) is 14.0 Å². The number of aryl methyl sites for hydroxylation is 1. The Kier molecular flexibility index (Phi) is 2.92. The minimum Gasteiger partial charge on any atom is -0.337 e. The molecule has 1 aromatic rings. The van der Waals surface area contributed by atoms with E-state index < -0.39 is 0 Å². The van der Waals surface area contributed by atoms with Gasteiger partial charge in [-0.1, -0.05) is 0 Å². The molecule has 4 heteroatoms. The van der Waals surface area contributed by atoms with Crippen LogP contribution in [0.2, 0.25) is 0 Å². The third-order valence-electron chi connectivity index (χ3n) is 5.88. The third-order valence-corrected chi connectivity index (χ3v) is 6.80. The van der Waals surface area contributed by atoms with Gasteiger partial charge in [-0.05, 0) is 62.7 Å². The summed E-state index contributed by atoms with van der Waals surface area (Å²) in [7, 11) is 2.02. The fraction of sp³-hybridized carbons (Fsp3) is 0.750. The maximum absolute atomic E-state index is 12.7. The molecule has 0 atom stereocenters. The molecule has 4 bridgehead atoms. The van der Waals surface area contributed by atoms with Gasteiger partial charge in [0.25, 0.3) is 5.91 Å². The number of hydrogen-bond acceptors (Lipinski definition) is 3. The molecular formula is C16H22N2OS. The molecule has 1 aromatic heterocycles. The zero-order chi connectivity index (χ0) is 13.9. The smallest absolute Gasteiger partial charge is 0.265 e. The van der Waals surface area contributed by atoms with Crippen molar-refractivity contribution in [1.29, 1.82) is 0 Å². The topological polar surface area (TPSA) is 33.2 Å². The lowest BCUT2D eigenvalue weighted by Crippen LogP contribution is -2.56. The molecule has 108 valence electrons. The lowest BCUT2D eigenvalue weighted by Gasteiger charge is -2.56. The first kappa shape index (κ1) is 12.8. The number of carbonyl (C=O) groups is 1. The summed E-state index contributed by atoms with van der Waals surface area (Å²) in [6.07, 6.45) is 6.90. The van der Waals surface area contributed by atoms with Gasteiger partial charge in [0, 0.05) is 13.1 Å². The monoisotopic (exact) mass is 290 g/mol. The van der Waals surface area contributed by atoms with Crippen LogP contribution in [0.25, 0.3) is 0 Å². The number of nitrogens with zero attached hydrogens (tertiary/aromatic N) is 2. The minimum absolute atomic E-state index is 0.197. The average Bonchev–Trinajstić information content (AvgIpc) is 2.82. The molecule has 4 saturated carbocycles. The molecule has 20 heavy (non-hydrogen) atoms. The van der Waals surface area contributed by atoms with E-state index in [0.29, 0.717) is 6.04 Å². The summed E-state index contributed by atoms with van der Waals surface area (Å²) >= 11 is 1.49. The Morgan fingerprint density at radius 3 is 2.30 bits per heavy atom. The van der Waals surface area contributed by atoms with E-state index >= 15 is 0 Å². The van der Waals surface area contributed by atoms with Crippen molar-refractivity contribution in [2.45, 2.75) is 45.1 Å². The molecule has 0 aromatic carbocycles. The highest BCUT2D eigenvalue weighted by Crippen LogP contribution is 2.55. The van der Waals surface area contributed by atoms with Crippen molar-refractivity contribution in [2.24, 2.45) is 23.7 Å². The van der Waals surface area contributed by atoms with Crippen molar-refractivity contribution >= 4 is 17.2 Å². The minimum atomic E-state index is 0.197. The fourth-order valence-electron chi connectivity index (χ4n) is 5.33. The zero-order valence-corrected chi connectivity index (χ0v) is 13.0. The number of aromatic nitrogens is 1. The molecule has 1 heterocycles. The summed E-state index contributed by atoms with van der Waals surface area (Å²) in [6.45, 7) is 1.94. The molecule has 0 unspecified atom stereocenters. The molecule has 0 spiro atoms. The van der Waals surface area contributed by atoms with Crippen LogP contribution in [0.4, 0.5) is 0 Å². The SMILES string of the molecule is Cc1ncsc1C(=O)N(C)C1C2CC3CC(C2)CC1C3. The summed E-state index contributed by atoms with van der Waals surface area (Å²) in [5.74, 6) is 3.63. The van der Waals surface area contributed by atoms with Crippen LogP contribution in [0.5, 0.6) is 0 Å². The quantitative estimate of drug-likeness (QED) is 0.837. The summed E-state index contributed by atoms with van der Waals surface area (Å²) in [5.41, 5.74) is 2.67. The Morgan fingerprint density at radius 1 is 1.20 bits per heavy atom. The van der Waals surface area contributed by atoms with E-state index in [2.05, 4.69) is 9.88 Å². The van der Waals surface area contributed by atoms with Crippen LogP contribution >= 0.6 is 11.3 Å². The Morgan fingerprint density at radius 2 is 1.80 bits per heavy atom. The Labute approximate surface area is 124 Å². The molecule has 0 aliphatic heterocycles. The number of thiazole rings is 1. The van der Waals surface area contributed by atoms with Gasteiger partial charge < -0.3 is 4.90 Å². The predicted molar refractivity (Wildman–Crippen MR) is 79.8 cm³/mol. The number of carbonyl (C=O) groups excluding carboxylic acids is 1. The Hall–Kier alpha value is -0.900. The lowest BCUT2D eigenvalue weighted by atomic mass is 9.54. The lowest BCUT2D eigenvalue weighted by molar-refractivity contribution is -0.0490. The van der Waals surface area contributed by atoms with E-state index in [-0.39, 0.29) is 5.91 Å². The van der Waals surface area contributed by atoms with E-state index in [0.717, 1.165) is 34.2 Å². The van der Waals surface area contributed by atoms with Crippen LogP contribution in [0.1, 0.15) is 47.5 Å². The van der Waals surface area contributed by atoms with Gasteiger partial charge in [0.15, 0.2) is 0 Å². The van der Waals surface area contributed by atoms with Gasteiger partial charge in [0.2, 0.25) is 0 Å². The molecule has 0 N–H and O–H groups in total. The molecule has 4 fully saturated rings. The molecule has 1 amide bonds. The van der Waals surface area contributed by atoms with E-state index in [1.165, 1.54) is 43.4 Å². The first-order valence-corrected chi connectivity index (χ1v) is 8.68. The van der Waals surface area contributed by atoms with Gasteiger partial charge in [-0.25, -0.2) is 4.98 Å². The highest BCUT2D eigenvalue weighted by Gasteiger charge is 2.50. The van der Waals surface area contributed by atoms with Crippen LogP contribution in [0.3, 0.4) is 0 Å². The van der Waals surface area contributed by atoms with Gasteiger partial charge >= 0.3 is 0 Å². The first-order chi connectivity index (χ1) is 9.63. The van der Waals surface area contributed by atoms with Crippen LogP contribution in [-0.4, -0.2) is 28.9 Å². The van der Waals surface area contributed by atoms with Crippen LogP contribution in [0, 0.1) is 30.6 Å². The summed E-state index contributed by atoms with van der Waals surface area (Å²) < 4.78 is 0. The van der Waals surface area contributed by atoms with Crippen molar-refractivity contribution in [3.05, 3.63) is 16.1 Å². The van der Waals surface area contributed by atoms with Crippen molar-refractivity contribution in [2.75, 3.05) is 7.05 Å². The second-order valence-electron chi connectivity index (χ2n) is 7.10. The zero-order valence-electron chi connectivity index (χ0n) is 12.2. The van der Waals surface area contributed by atoms with Gasteiger partial charge in [-0.2, -0.15) is 0 Å². The molecule has 0 saturated heterocycles. The molecule has 3 nitrogen and oxygen atoms in total. The van der Waals surface area contributed by atoms with Crippen molar-refractivity contribution < 1.29 is 4.79 Å². The normalized spacial score (nSPS) is 38.2. The maximum atomic E-state index is 12.7. The van der Waals surface area contributed by atoms with Crippen molar-refractivity contribution in [1.82, 2.24) is 9.88 Å². The van der Waals surface area contributed by atoms with Gasteiger partial charge in [0.1, 0.15) is 4.88 Å². The van der Waals surface area contributed by atoms with Crippen LogP contribution in [-0.2, 0) is 0 Å². The maximum Gasteiger partial charge on any atom is 0.265 e. The van der Waals surface area contributed by atoms with Crippen LogP contribution in [0.15, 0.2) is 5.51 Å². The third kappa shape index (κ3) is 1.84. The summed E-state index contributed by atoms with van der Waals surface area (Å²) in [5, 5.41) is 0. The standard InChI is InChI=1S/C16H22N2OS/c1-9-15(20-8-17-9)16(19)18(2)14-12-4-10-3-11(6-12)7-13(14)5-10/h8,10-14H,3-7H2,1-2H3. The van der Waals surface area contributed by atoms with Crippen molar-refractivity contribution in [3.63, 3.8) is 0 Å². The number of rotatable bonds is 2.